The van der Waals surface area contributed by atoms with Crippen molar-refractivity contribution < 1.29 is 4.79 Å². The molecule has 1 amide bonds. The van der Waals surface area contributed by atoms with Gasteiger partial charge in [0.15, 0.2) is 0 Å². The number of hydrogen-bond acceptors (Lipinski definition) is 4. The second-order valence-corrected chi connectivity index (χ2v) is 8.53. The highest BCUT2D eigenvalue weighted by Crippen LogP contribution is 2.30. The van der Waals surface area contributed by atoms with Gasteiger partial charge in [0.25, 0.3) is 5.91 Å². The van der Waals surface area contributed by atoms with Crippen molar-refractivity contribution in [2.24, 2.45) is 0 Å². The maximum atomic E-state index is 13.0. The molecule has 1 aromatic carbocycles. The van der Waals surface area contributed by atoms with Gasteiger partial charge in [-0.1, -0.05) is 24.3 Å². The highest BCUT2D eigenvalue weighted by atomic mass is 32.1. The predicted octanol–water partition coefficient (Wildman–Crippen LogP) is 4.56. The fourth-order valence-corrected chi connectivity index (χ4v) is 5.10. The lowest BCUT2D eigenvalue weighted by atomic mass is 9.95. The van der Waals surface area contributed by atoms with Gasteiger partial charge < -0.3 is 9.47 Å². The third-order valence-electron chi connectivity index (χ3n) is 5.59. The lowest BCUT2D eigenvalue weighted by Gasteiger charge is -2.31. The van der Waals surface area contributed by atoms with Crippen molar-refractivity contribution in [3.63, 3.8) is 0 Å². The van der Waals surface area contributed by atoms with Gasteiger partial charge in [-0.2, -0.15) is 0 Å². The van der Waals surface area contributed by atoms with E-state index in [1.807, 2.05) is 59.9 Å². The topological polar surface area (TPSA) is 51.0 Å². The Bertz CT molecular complexity index is 1090. The molecule has 1 fully saturated rings. The first kappa shape index (κ1) is 18.1. The Morgan fingerprint density at radius 2 is 1.86 bits per heavy atom. The van der Waals surface area contributed by atoms with Crippen LogP contribution < -0.4 is 0 Å². The molecule has 5 nitrogen and oxygen atoms in total. The minimum atomic E-state index is 0.154. The molecule has 1 saturated heterocycles. The summed E-state index contributed by atoms with van der Waals surface area (Å²) in [7, 11) is 0. The van der Waals surface area contributed by atoms with E-state index in [0.29, 0.717) is 5.92 Å². The number of carbonyl (C=O) groups excluding carboxylic acids is 1. The number of imidazole rings is 1. The van der Waals surface area contributed by atoms with Gasteiger partial charge in [0, 0.05) is 42.3 Å². The Morgan fingerprint density at radius 1 is 1.03 bits per heavy atom. The molecule has 1 aliphatic heterocycles. The monoisotopic (exact) mass is 402 g/mol. The number of aromatic nitrogens is 3. The van der Waals surface area contributed by atoms with Crippen molar-refractivity contribution in [3.05, 3.63) is 83.5 Å². The van der Waals surface area contributed by atoms with E-state index in [9.17, 15) is 4.79 Å². The summed E-state index contributed by atoms with van der Waals surface area (Å²) in [6, 6.07) is 16.2. The highest BCUT2D eigenvalue weighted by Gasteiger charge is 2.27. The van der Waals surface area contributed by atoms with E-state index in [1.165, 1.54) is 4.70 Å². The molecule has 146 valence electrons. The number of hydrogen-bond donors (Lipinski definition) is 0. The molecule has 6 heteroatoms. The summed E-state index contributed by atoms with van der Waals surface area (Å²) >= 11 is 1.59. The van der Waals surface area contributed by atoms with Crippen molar-refractivity contribution in [2.45, 2.75) is 25.3 Å². The van der Waals surface area contributed by atoms with E-state index in [-0.39, 0.29) is 5.91 Å². The summed E-state index contributed by atoms with van der Waals surface area (Å²) in [6.07, 6.45) is 7.60. The van der Waals surface area contributed by atoms with E-state index in [0.717, 1.165) is 54.3 Å². The van der Waals surface area contributed by atoms with E-state index in [2.05, 4.69) is 26.7 Å². The Morgan fingerprint density at radius 3 is 2.66 bits per heavy atom. The van der Waals surface area contributed by atoms with Crippen LogP contribution in [0.3, 0.4) is 0 Å². The van der Waals surface area contributed by atoms with Crippen LogP contribution in [-0.2, 0) is 6.54 Å². The first-order chi connectivity index (χ1) is 14.3. The van der Waals surface area contributed by atoms with E-state index < -0.39 is 0 Å². The summed E-state index contributed by atoms with van der Waals surface area (Å²) in [5.74, 6) is 1.63. The molecule has 29 heavy (non-hydrogen) atoms. The smallest absolute Gasteiger partial charge is 0.263 e. The third kappa shape index (κ3) is 3.68. The third-order valence-corrected chi connectivity index (χ3v) is 6.69. The zero-order valence-corrected chi connectivity index (χ0v) is 16.9. The number of piperidine rings is 1. The maximum Gasteiger partial charge on any atom is 0.263 e. The van der Waals surface area contributed by atoms with Crippen LogP contribution in [0.15, 0.2) is 67.1 Å². The van der Waals surface area contributed by atoms with Crippen LogP contribution in [0.5, 0.6) is 0 Å². The second kappa shape index (κ2) is 7.79. The highest BCUT2D eigenvalue weighted by molar-refractivity contribution is 7.20. The number of nitrogens with zero attached hydrogens (tertiary/aromatic N) is 4. The zero-order valence-electron chi connectivity index (χ0n) is 16.1. The van der Waals surface area contributed by atoms with Gasteiger partial charge in [0.2, 0.25) is 0 Å². The van der Waals surface area contributed by atoms with Crippen LogP contribution in [0.1, 0.15) is 39.9 Å². The Hall–Kier alpha value is -2.99. The largest absolute Gasteiger partial charge is 0.338 e. The molecule has 0 atom stereocenters. The first-order valence-corrected chi connectivity index (χ1v) is 10.8. The minimum absolute atomic E-state index is 0.154. The summed E-state index contributed by atoms with van der Waals surface area (Å²) in [5.41, 5.74) is 1.03. The van der Waals surface area contributed by atoms with Crippen molar-refractivity contribution >= 4 is 27.3 Å². The molecule has 5 rings (SSSR count). The average molecular weight is 403 g/mol. The predicted molar refractivity (Wildman–Crippen MR) is 115 cm³/mol. The van der Waals surface area contributed by atoms with Gasteiger partial charge in [0.1, 0.15) is 5.82 Å². The molecular formula is C23H22N4OS. The second-order valence-electron chi connectivity index (χ2n) is 7.45. The molecule has 0 saturated carbocycles. The van der Waals surface area contributed by atoms with Crippen molar-refractivity contribution in [2.75, 3.05) is 13.1 Å². The van der Waals surface area contributed by atoms with Crippen LogP contribution >= 0.6 is 11.3 Å². The van der Waals surface area contributed by atoms with Crippen LogP contribution in [0.2, 0.25) is 0 Å². The fraction of sp³-hybridized carbons (Fsp3) is 0.261. The molecule has 0 unspecified atom stereocenters. The molecule has 3 aromatic heterocycles. The number of likely N-dealkylation sites (tertiary alicyclic amines) is 1. The summed E-state index contributed by atoms with van der Waals surface area (Å²) in [5, 5.41) is 1.15. The molecule has 0 aliphatic carbocycles. The number of carbonyl (C=O) groups is 1. The van der Waals surface area contributed by atoms with E-state index in [4.69, 9.17) is 0 Å². The van der Waals surface area contributed by atoms with E-state index in [1.54, 1.807) is 11.3 Å². The quantitative estimate of drug-likeness (QED) is 0.503. The number of pyridine rings is 1. The van der Waals surface area contributed by atoms with Crippen LogP contribution in [0.25, 0.3) is 10.1 Å². The normalized spacial score (nSPS) is 15.1. The lowest BCUT2D eigenvalue weighted by Crippen LogP contribution is -2.38. The Kier molecular flexibility index (Phi) is 4.86. The number of amides is 1. The van der Waals surface area contributed by atoms with E-state index >= 15 is 0 Å². The van der Waals surface area contributed by atoms with Crippen molar-refractivity contribution in [1.82, 2.24) is 19.4 Å². The molecule has 0 spiro atoms. The molecule has 0 N–H and O–H groups in total. The van der Waals surface area contributed by atoms with Crippen LogP contribution in [-0.4, -0.2) is 38.4 Å². The van der Waals surface area contributed by atoms with Gasteiger partial charge in [-0.25, -0.2) is 4.98 Å². The number of rotatable bonds is 4. The summed E-state index contributed by atoms with van der Waals surface area (Å²) < 4.78 is 3.36. The average Bonchev–Trinajstić information content (AvgIpc) is 3.41. The van der Waals surface area contributed by atoms with Gasteiger partial charge in [-0.3, -0.25) is 9.78 Å². The summed E-state index contributed by atoms with van der Waals surface area (Å²) in [4.78, 5) is 24.9. The number of fused-ring (bicyclic) bond motifs is 1. The molecule has 1 aliphatic rings. The molecule has 0 bridgehead atoms. The van der Waals surface area contributed by atoms with Crippen LogP contribution in [0.4, 0.5) is 0 Å². The van der Waals surface area contributed by atoms with Gasteiger partial charge in [-0.15, -0.1) is 11.3 Å². The molecule has 4 aromatic rings. The molecule has 0 radical (unpaired) electrons. The zero-order chi connectivity index (χ0) is 19.6. The lowest BCUT2D eigenvalue weighted by molar-refractivity contribution is 0.0715. The van der Waals surface area contributed by atoms with Gasteiger partial charge in [0.05, 0.1) is 17.1 Å². The number of benzene rings is 1. The van der Waals surface area contributed by atoms with Crippen molar-refractivity contribution in [3.8, 4) is 0 Å². The SMILES string of the molecule is O=C(c1cc2ccccc2s1)N1CCC(c2nccn2Cc2ccccn2)CC1. The standard InChI is InChI=1S/C23H22N4OS/c28-23(21-15-18-5-1-2-7-20(18)29-21)26-12-8-17(9-13-26)22-25-11-14-27(22)16-19-6-3-4-10-24-19/h1-7,10-11,14-15,17H,8-9,12-13,16H2. The van der Waals surface area contributed by atoms with Crippen LogP contribution in [0, 0.1) is 0 Å². The van der Waals surface area contributed by atoms with Crippen molar-refractivity contribution in [1.29, 1.82) is 0 Å². The maximum absolute atomic E-state index is 13.0. The Labute approximate surface area is 173 Å². The molecule has 4 heterocycles. The van der Waals surface area contributed by atoms with Gasteiger partial charge >= 0.3 is 0 Å². The summed E-state index contributed by atoms with van der Waals surface area (Å²) in [6.45, 7) is 2.28. The fourth-order valence-electron chi connectivity index (χ4n) is 4.06. The minimum Gasteiger partial charge on any atom is -0.338 e. The number of thiophene rings is 1. The first-order valence-electron chi connectivity index (χ1n) is 9.97. The van der Waals surface area contributed by atoms with Gasteiger partial charge in [-0.05, 0) is 42.5 Å². The molecular weight excluding hydrogens is 380 g/mol. The Balaban J connectivity index is 1.26.